The molecule has 24 heavy (non-hydrogen) atoms. The van der Waals surface area contributed by atoms with Crippen LogP contribution < -0.4 is 10.0 Å². The van der Waals surface area contributed by atoms with E-state index in [-0.39, 0.29) is 22.3 Å². The molecule has 0 bridgehead atoms. The number of rotatable bonds is 2. The predicted molar refractivity (Wildman–Crippen MR) is 97.2 cm³/mol. The van der Waals surface area contributed by atoms with E-state index in [1.54, 1.807) is 4.90 Å². The Morgan fingerprint density at radius 2 is 1.83 bits per heavy atom. The number of amides is 1. The molecule has 7 heteroatoms. The van der Waals surface area contributed by atoms with Gasteiger partial charge in [0.05, 0.1) is 6.04 Å². The molecule has 1 amide bonds. The van der Waals surface area contributed by atoms with Gasteiger partial charge in [-0.1, -0.05) is 0 Å². The number of nitrogens with zero attached hydrogens (tertiary/aromatic N) is 1. The number of hydrogen-bond donors (Lipinski definition) is 2. The van der Waals surface area contributed by atoms with Crippen molar-refractivity contribution < 1.29 is 14.1 Å². The van der Waals surface area contributed by atoms with Crippen LogP contribution in [0.5, 0.6) is 0 Å². The molecule has 2 atom stereocenters. The third-order valence-corrected chi connectivity index (χ3v) is 6.39. The molecule has 6 nitrogen and oxygen atoms in total. The topological polar surface area (TPSA) is 76.7 Å². The second kappa shape index (κ2) is 7.02. The number of carbonyl (C=O) groups excluding carboxylic acids is 1. The Morgan fingerprint density at radius 3 is 2.33 bits per heavy atom. The first-order chi connectivity index (χ1) is 10.9. The summed E-state index contributed by atoms with van der Waals surface area (Å²) < 4.78 is 21.0. The quantitative estimate of drug-likeness (QED) is 0.738. The molecular formula is C17H33N3O3S. The number of likely N-dealkylation sites (tertiary alicyclic amines) is 1. The summed E-state index contributed by atoms with van der Waals surface area (Å²) in [5, 5.41) is 3.44. The van der Waals surface area contributed by atoms with Crippen molar-refractivity contribution in [2.24, 2.45) is 5.41 Å². The van der Waals surface area contributed by atoms with Gasteiger partial charge in [0.1, 0.15) is 10.3 Å². The Kier molecular flexibility index (Phi) is 5.79. The summed E-state index contributed by atoms with van der Waals surface area (Å²) in [6.07, 6.45) is 1.57. The third kappa shape index (κ3) is 4.77. The van der Waals surface area contributed by atoms with E-state index in [2.05, 4.69) is 10.0 Å². The minimum atomic E-state index is -1.08. The fourth-order valence-electron chi connectivity index (χ4n) is 3.26. The van der Waals surface area contributed by atoms with Gasteiger partial charge in [-0.3, -0.25) is 0 Å². The number of hydrogen-bond acceptors (Lipinski definition) is 5. The average molecular weight is 360 g/mol. The Balaban J connectivity index is 1.94. The van der Waals surface area contributed by atoms with Crippen LogP contribution in [0.3, 0.4) is 0 Å². The molecule has 1 unspecified atom stereocenters. The summed E-state index contributed by atoms with van der Waals surface area (Å²) in [6.45, 7) is 14.7. The van der Waals surface area contributed by atoms with Gasteiger partial charge in [-0.15, -0.1) is 4.72 Å². The smallest absolute Gasteiger partial charge is 0.410 e. The summed E-state index contributed by atoms with van der Waals surface area (Å²) in [4.78, 5) is 14.0. The van der Waals surface area contributed by atoms with Crippen molar-refractivity contribution in [1.82, 2.24) is 14.9 Å². The zero-order valence-corrected chi connectivity index (χ0v) is 16.7. The maximum absolute atomic E-state index is 12.5. The van der Waals surface area contributed by atoms with E-state index in [1.807, 2.05) is 41.5 Å². The first kappa shape index (κ1) is 19.8. The molecule has 2 fully saturated rings. The lowest BCUT2D eigenvalue weighted by Crippen LogP contribution is -2.55. The standard InChI is InChI=1S/C17H33N3O3S/c1-15(2,3)23-14(21)20-9-7-17(8-10-20)12-18-11-13(17)19-24(22)16(4,5)6/h13,18-19H,7-12H2,1-6H3/t13?,24-/m1/s1. The SMILES string of the molecule is CC(C)(C)OC(=O)N1CCC2(CC1)CNCC2N[S@+]([O-])C(C)(C)C. The second-order valence-corrected chi connectivity index (χ2v) is 11.0. The minimum absolute atomic E-state index is 0.0689. The Bertz CT molecular complexity index is 451. The highest BCUT2D eigenvalue weighted by Crippen LogP contribution is 2.38. The zero-order valence-electron chi connectivity index (χ0n) is 15.9. The van der Waals surface area contributed by atoms with Crippen molar-refractivity contribution in [3.8, 4) is 0 Å². The van der Waals surface area contributed by atoms with E-state index in [0.29, 0.717) is 13.1 Å². The van der Waals surface area contributed by atoms with E-state index in [4.69, 9.17) is 4.74 Å². The van der Waals surface area contributed by atoms with Gasteiger partial charge in [0.25, 0.3) is 0 Å². The molecule has 0 aromatic carbocycles. The molecule has 2 saturated heterocycles. The predicted octanol–water partition coefficient (Wildman–Crippen LogP) is 2.03. The van der Waals surface area contributed by atoms with Crippen molar-refractivity contribution in [2.75, 3.05) is 26.2 Å². The van der Waals surface area contributed by atoms with Crippen LogP contribution in [-0.2, 0) is 16.1 Å². The molecular weight excluding hydrogens is 326 g/mol. The molecule has 0 radical (unpaired) electrons. The summed E-state index contributed by atoms with van der Waals surface area (Å²) in [6, 6.07) is 0.179. The van der Waals surface area contributed by atoms with Crippen LogP contribution in [0.25, 0.3) is 0 Å². The monoisotopic (exact) mass is 359 g/mol. The number of ether oxygens (including phenoxy) is 1. The van der Waals surface area contributed by atoms with Gasteiger partial charge in [0.2, 0.25) is 0 Å². The van der Waals surface area contributed by atoms with Crippen molar-refractivity contribution in [2.45, 2.75) is 70.8 Å². The zero-order chi connectivity index (χ0) is 18.2. The largest absolute Gasteiger partial charge is 0.598 e. The van der Waals surface area contributed by atoms with Crippen molar-refractivity contribution in [3.05, 3.63) is 0 Å². The normalized spacial score (nSPS) is 25.8. The molecule has 0 aromatic rings. The fraction of sp³-hybridized carbons (Fsp3) is 0.941. The van der Waals surface area contributed by atoms with Crippen LogP contribution >= 0.6 is 0 Å². The Hall–Kier alpha value is -0.500. The van der Waals surface area contributed by atoms with E-state index in [0.717, 1.165) is 25.9 Å². The first-order valence-corrected chi connectivity index (χ1v) is 9.95. The molecule has 0 aromatic heterocycles. The summed E-state index contributed by atoms with van der Waals surface area (Å²) in [5.74, 6) is 0. The third-order valence-electron chi connectivity index (χ3n) is 4.78. The first-order valence-electron chi connectivity index (χ1n) is 8.80. The van der Waals surface area contributed by atoms with Crippen molar-refractivity contribution in [3.63, 3.8) is 0 Å². The Morgan fingerprint density at radius 1 is 1.25 bits per heavy atom. The molecule has 140 valence electrons. The molecule has 2 heterocycles. The highest BCUT2D eigenvalue weighted by Gasteiger charge is 2.48. The lowest BCUT2D eigenvalue weighted by atomic mass is 9.75. The lowest BCUT2D eigenvalue weighted by molar-refractivity contribution is 0.00995. The van der Waals surface area contributed by atoms with Crippen LogP contribution in [0.2, 0.25) is 0 Å². The van der Waals surface area contributed by atoms with Crippen LogP contribution in [0.15, 0.2) is 0 Å². The van der Waals surface area contributed by atoms with Crippen molar-refractivity contribution in [1.29, 1.82) is 0 Å². The maximum Gasteiger partial charge on any atom is 0.410 e. The number of piperidine rings is 1. The van der Waals surface area contributed by atoms with Gasteiger partial charge in [0.15, 0.2) is 0 Å². The summed E-state index contributed by atoms with van der Waals surface area (Å²) >= 11 is -1.08. The fourth-order valence-corrected chi connectivity index (χ4v) is 4.21. The maximum atomic E-state index is 12.5. The summed E-state index contributed by atoms with van der Waals surface area (Å²) in [7, 11) is 0. The van der Waals surface area contributed by atoms with E-state index < -0.39 is 17.0 Å². The van der Waals surface area contributed by atoms with Gasteiger partial charge in [-0.25, -0.2) is 4.79 Å². The molecule has 2 rings (SSSR count). The average Bonchev–Trinajstić information content (AvgIpc) is 2.79. The number of nitrogens with one attached hydrogen (secondary N) is 2. The van der Waals surface area contributed by atoms with E-state index in [9.17, 15) is 9.35 Å². The molecule has 2 N–H and O–H groups in total. The van der Waals surface area contributed by atoms with Crippen LogP contribution in [0.1, 0.15) is 54.4 Å². The molecule has 0 saturated carbocycles. The Labute approximate surface area is 149 Å². The van der Waals surface area contributed by atoms with E-state index >= 15 is 0 Å². The van der Waals surface area contributed by atoms with Crippen molar-refractivity contribution >= 4 is 17.5 Å². The molecule has 2 aliphatic heterocycles. The van der Waals surface area contributed by atoms with Crippen LogP contribution in [-0.4, -0.2) is 58.1 Å². The minimum Gasteiger partial charge on any atom is -0.598 e. The lowest BCUT2D eigenvalue weighted by Gasteiger charge is -2.43. The van der Waals surface area contributed by atoms with Gasteiger partial charge in [-0.2, -0.15) is 0 Å². The van der Waals surface area contributed by atoms with Gasteiger partial charge in [-0.05, 0) is 54.4 Å². The molecule has 1 spiro atoms. The summed E-state index contributed by atoms with van der Waals surface area (Å²) in [5.41, 5.74) is -0.395. The second-order valence-electron chi connectivity index (χ2n) is 9.01. The van der Waals surface area contributed by atoms with Gasteiger partial charge in [0, 0.05) is 43.0 Å². The molecule has 0 aliphatic carbocycles. The number of carbonyl (C=O) groups is 1. The van der Waals surface area contributed by atoms with Crippen LogP contribution in [0.4, 0.5) is 4.79 Å². The van der Waals surface area contributed by atoms with E-state index in [1.165, 1.54) is 0 Å². The van der Waals surface area contributed by atoms with Gasteiger partial charge >= 0.3 is 6.09 Å². The highest BCUT2D eigenvalue weighted by molar-refractivity contribution is 7.90. The van der Waals surface area contributed by atoms with Crippen LogP contribution in [0, 0.1) is 5.41 Å². The van der Waals surface area contributed by atoms with Gasteiger partial charge < -0.3 is 19.5 Å². The highest BCUT2D eigenvalue weighted by atomic mass is 32.2. The molecule has 2 aliphatic rings.